The molecule has 4 nitrogen and oxygen atoms in total. The molecule has 23 heavy (non-hydrogen) atoms. The van der Waals surface area contributed by atoms with Crippen LogP contribution in [-0.4, -0.2) is 32.1 Å². The molecule has 122 valence electrons. The number of amides is 1. The molecule has 0 bridgehead atoms. The first-order valence-electron chi connectivity index (χ1n) is 6.87. The lowest BCUT2D eigenvalue weighted by Gasteiger charge is -2.20. The molecule has 0 aliphatic rings. The average molecular weight is 354 g/mol. The fraction of sp³-hybridized carbons (Fsp3) is 0.235. The predicted octanol–water partition coefficient (Wildman–Crippen LogP) is 4.28. The maximum atomic E-state index is 12.6. The molecule has 0 N–H and O–H groups in total. The van der Waals surface area contributed by atoms with Gasteiger partial charge in [-0.1, -0.05) is 23.2 Å². The fourth-order valence-corrected chi connectivity index (χ4v) is 2.55. The topological polar surface area (TPSA) is 38.8 Å². The predicted molar refractivity (Wildman–Crippen MR) is 91.8 cm³/mol. The Labute approximate surface area is 145 Å². The number of hydrogen-bond donors (Lipinski definition) is 0. The van der Waals surface area contributed by atoms with Gasteiger partial charge in [0.2, 0.25) is 0 Å². The molecular formula is C17H17Cl2NO3. The number of nitrogens with zero attached hydrogens (tertiary/aromatic N) is 1. The Bertz CT molecular complexity index is 719. The van der Waals surface area contributed by atoms with E-state index in [0.29, 0.717) is 33.7 Å². The molecule has 1 amide bonds. The van der Waals surface area contributed by atoms with Crippen LogP contribution >= 0.6 is 23.2 Å². The van der Waals surface area contributed by atoms with Gasteiger partial charge in [-0.25, -0.2) is 0 Å². The molecule has 0 atom stereocenters. The summed E-state index contributed by atoms with van der Waals surface area (Å²) in [5.41, 5.74) is 1.23. The summed E-state index contributed by atoms with van der Waals surface area (Å²) in [6.07, 6.45) is 0. The number of carbonyl (C=O) groups excluding carboxylic acids is 1. The Kier molecular flexibility index (Phi) is 5.74. The van der Waals surface area contributed by atoms with E-state index in [2.05, 4.69) is 0 Å². The minimum absolute atomic E-state index is 0.213. The summed E-state index contributed by atoms with van der Waals surface area (Å²) in [7, 11) is 4.86. The van der Waals surface area contributed by atoms with Crippen LogP contribution in [0.5, 0.6) is 11.5 Å². The molecular weight excluding hydrogens is 337 g/mol. The molecule has 2 aromatic rings. The first-order valence-corrected chi connectivity index (χ1v) is 7.63. The van der Waals surface area contributed by atoms with Crippen LogP contribution in [-0.2, 0) is 6.54 Å². The Balaban J connectivity index is 2.23. The van der Waals surface area contributed by atoms with Crippen molar-refractivity contribution in [1.29, 1.82) is 0 Å². The molecule has 2 aromatic carbocycles. The second-order valence-corrected chi connectivity index (χ2v) is 5.81. The lowest BCUT2D eigenvalue weighted by Crippen LogP contribution is -2.26. The Morgan fingerprint density at radius 1 is 1.09 bits per heavy atom. The molecule has 0 saturated carbocycles. The summed E-state index contributed by atoms with van der Waals surface area (Å²) < 4.78 is 10.5. The Morgan fingerprint density at radius 2 is 1.83 bits per heavy atom. The quantitative estimate of drug-likeness (QED) is 0.804. The van der Waals surface area contributed by atoms with E-state index in [9.17, 15) is 4.79 Å². The third kappa shape index (κ3) is 4.09. The average Bonchev–Trinajstić information content (AvgIpc) is 2.56. The molecule has 6 heteroatoms. The van der Waals surface area contributed by atoms with Gasteiger partial charge in [-0.3, -0.25) is 4.79 Å². The molecule has 0 unspecified atom stereocenters. The lowest BCUT2D eigenvalue weighted by atomic mass is 10.1. The van der Waals surface area contributed by atoms with E-state index in [1.807, 2.05) is 12.1 Å². The molecule has 0 fully saturated rings. The van der Waals surface area contributed by atoms with E-state index in [-0.39, 0.29) is 5.91 Å². The number of ether oxygens (including phenoxy) is 2. The summed E-state index contributed by atoms with van der Waals surface area (Å²) in [6.45, 7) is 0.370. The van der Waals surface area contributed by atoms with Crippen LogP contribution in [0, 0.1) is 0 Å². The maximum absolute atomic E-state index is 12.6. The van der Waals surface area contributed by atoms with Gasteiger partial charge in [-0.05, 0) is 30.3 Å². The second-order valence-electron chi connectivity index (χ2n) is 4.96. The highest BCUT2D eigenvalue weighted by atomic mass is 35.5. The van der Waals surface area contributed by atoms with Crippen molar-refractivity contribution in [2.75, 3.05) is 21.3 Å². The van der Waals surface area contributed by atoms with Crippen molar-refractivity contribution in [3.63, 3.8) is 0 Å². The van der Waals surface area contributed by atoms with Gasteiger partial charge in [0.15, 0.2) is 0 Å². The molecule has 0 aliphatic heterocycles. The highest BCUT2D eigenvalue weighted by Gasteiger charge is 2.17. The van der Waals surface area contributed by atoms with Crippen molar-refractivity contribution in [2.24, 2.45) is 0 Å². The third-order valence-corrected chi connectivity index (χ3v) is 3.97. The van der Waals surface area contributed by atoms with Crippen molar-refractivity contribution >= 4 is 29.1 Å². The van der Waals surface area contributed by atoms with E-state index in [1.54, 1.807) is 50.4 Å². The molecule has 0 spiro atoms. The molecule has 0 aromatic heterocycles. The molecule has 0 saturated heterocycles. The number of benzene rings is 2. The van der Waals surface area contributed by atoms with Crippen LogP contribution < -0.4 is 9.47 Å². The van der Waals surface area contributed by atoms with Gasteiger partial charge in [-0.15, -0.1) is 0 Å². The van der Waals surface area contributed by atoms with E-state index in [4.69, 9.17) is 32.7 Å². The van der Waals surface area contributed by atoms with Crippen molar-refractivity contribution < 1.29 is 14.3 Å². The maximum Gasteiger partial charge on any atom is 0.255 e. The second kappa shape index (κ2) is 7.57. The number of rotatable bonds is 5. The summed E-state index contributed by atoms with van der Waals surface area (Å²) >= 11 is 12.0. The number of carbonyl (C=O) groups is 1. The van der Waals surface area contributed by atoms with E-state index in [1.165, 1.54) is 0 Å². The normalized spacial score (nSPS) is 10.3. The minimum Gasteiger partial charge on any atom is -0.497 e. The van der Waals surface area contributed by atoms with E-state index < -0.39 is 0 Å². The highest BCUT2D eigenvalue weighted by Crippen LogP contribution is 2.27. The van der Waals surface area contributed by atoms with Crippen LogP contribution in [0.3, 0.4) is 0 Å². The van der Waals surface area contributed by atoms with Gasteiger partial charge < -0.3 is 14.4 Å². The van der Waals surface area contributed by atoms with E-state index in [0.717, 1.165) is 5.56 Å². The first-order chi connectivity index (χ1) is 11.0. The van der Waals surface area contributed by atoms with Gasteiger partial charge in [-0.2, -0.15) is 0 Å². The van der Waals surface area contributed by atoms with Crippen LogP contribution in [0.25, 0.3) is 0 Å². The van der Waals surface area contributed by atoms with Gasteiger partial charge in [0, 0.05) is 30.2 Å². The van der Waals surface area contributed by atoms with Gasteiger partial charge in [0.25, 0.3) is 5.91 Å². The van der Waals surface area contributed by atoms with Gasteiger partial charge in [0.05, 0.1) is 24.8 Å². The molecule has 0 radical (unpaired) electrons. The number of halogens is 2. The van der Waals surface area contributed by atoms with Crippen LogP contribution in [0.15, 0.2) is 36.4 Å². The number of methoxy groups -OCH3 is 2. The van der Waals surface area contributed by atoms with E-state index >= 15 is 0 Å². The van der Waals surface area contributed by atoms with Crippen LogP contribution in [0.2, 0.25) is 10.0 Å². The van der Waals surface area contributed by atoms with Gasteiger partial charge >= 0.3 is 0 Å². The zero-order chi connectivity index (χ0) is 17.0. The number of hydrogen-bond acceptors (Lipinski definition) is 3. The Morgan fingerprint density at radius 3 is 2.48 bits per heavy atom. The molecule has 0 heterocycles. The first kappa shape index (κ1) is 17.4. The lowest BCUT2D eigenvalue weighted by molar-refractivity contribution is 0.0784. The highest BCUT2D eigenvalue weighted by molar-refractivity contribution is 6.35. The summed E-state index contributed by atoms with van der Waals surface area (Å²) in [4.78, 5) is 14.1. The van der Waals surface area contributed by atoms with Crippen molar-refractivity contribution in [2.45, 2.75) is 6.54 Å². The fourth-order valence-electron chi connectivity index (χ4n) is 2.18. The van der Waals surface area contributed by atoms with Crippen LogP contribution in [0.1, 0.15) is 15.9 Å². The standard InChI is InChI=1S/C17H17Cl2NO3/c1-20(17(21)14-8-12(18)5-7-15(14)19)10-11-4-6-13(22-2)9-16(11)23-3/h4-9H,10H2,1-3H3. The summed E-state index contributed by atoms with van der Waals surface area (Å²) in [6, 6.07) is 10.3. The summed E-state index contributed by atoms with van der Waals surface area (Å²) in [5.74, 6) is 1.13. The van der Waals surface area contributed by atoms with Crippen LogP contribution in [0.4, 0.5) is 0 Å². The zero-order valence-electron chi connectivity index (χ0n) is 13.1. The minimum atomic E-state index is -0.213. The van der Waals surface area contributed by atoms with Crippen molar-refractivity contribution in [1.82, 2.24) is 4.90 Å². The zero-order valence-corrected chi connectivity index (χ0v) is 14.6. The SMILES string of the molecule is COc1ccc(CN(C)C(=O)c2cc(Cl)ccc2Cl)c(OC)c1. The summed E-state index contributed by atoms with van der Waals surface area (Å²) in [5, 5.41) is 0.834. The van der Waals surface area contributed by atoms with Crippen molar-refractivity contribution in [3.05, 3.63) is 57.6 Å². The van der Waals surface area contributed by atoms with Crippen molar-refractivity contribution in [3.8, 4) is 11.5 Å². The molecule has 2 rings (SSSR count). The largest absolute Gasteiger partial charge is 0.497 e. The van der Waals surface area contributed by atoms with Gasteiger partial charge in [0.1, 0.15) is 11.5 Å². The Hall–Kier alpha value is -1.91. The third-order valence-electron chi connectivity index (χ3n) is 3.41. The smallest absolute Gasteiger partial charge is 0.255 e. The molecule has 0 aliphatic carbocycles. The monoisotopic (exact) mass is 353 g/mol.